The van der Waals surface area contributed by atoms with Gasteiger partial charge < -0.3 is 9.84 Å². The van der Waals surface area contributed by atoms with E-state index in [1.165, 1.54) is 19.3 Å². The zero-order valence-corrected chi connectivity index (χ0v) is 11.4. The van der Waals surface area contributed by atoms with Gasteiger partial charge in [0.15, 0.2) is 11.6 Å². The first-order chi connectivity index (χ1) is 9.58. The number of likely N-dealkylation sites (tertiary alicyclic amines) is 1. The summed E-state index contributed by atoms with van der Waals surface area (Å²) in [5, 5.41) is 8.70. The van der Waals surface area contributed by atoms with Crippen LogP contribution in [-0.2, 0) is 11.3 Å². The van der Waals surface area contributed by atoms with Crippen LogP contribution in [0.15, 0.2) is 29.8 Å². The fraction of sp³-hybridized carbons (Fsp3) is 0.400. The van der Waals surface area contributed by atoms with Gasteiger partial charge in [0.05, 0.1) is 7.11 Å². The molecule has 2 rings (SSSR count). The number of rotatable bonds is 4. The predicted molar refractivity (Wildman–Crippen MR) is 73.2 cm³/mol. The Morgan fingerprint density at radius 3 is 2.70 bits per heavy atom. The second-order valence-corrected chi connectivity index (χ2v) is 4.89. The van der Waals surface area contributed by atoms with Crippen molar-refractivity contribution >= 4 is 5.97 Å². The highest BCUT2D eigenvalue weighted by Gasteiger charge is 2.15. The molecule has 0 bridgehead atoms. The molecule has 1 aliphatic rings. The first kappa shape index (κ1) is 14.5. The number of benzene rings is 1. The Kier molecular flexibility index (Phi) is 4.74. The zero-order chi connectivity index (χ0) is 14.5. The number of methoxy groups -OCH3 is 1. The molecule has 1 aromatic carbocycles. The van der Waals surface area contributed by atoms with Crippen LogP contribution in [0.25, 0.3) is 0 Å². The number of halogens is 1. The highest BCUT2D eigenvalue weighted by molar-refractivity contribution is 5.80. The van der Waals surface area contributed by atoms with E-state index in [-0.39, 0.29) is 11.6 Å². The number of carbonyl (C=O) groups is 1. The Morgan fingerprint density at radius 1 is 1.45 bits per heavy atom. The van der Waals surface area contributed by atoms with E-state index < -0.39 is 5.97 Å². The quantitative estimate of drug-likeness (QED) is 0.860. The van der Waals surface area contributed by atoms with Crippen LogP contribution in [0.4, 0.5) is 4.39 Å². The number of hydrogen-bond donors (Lipinski definition) is 1. The summed E-state index contributed by atoms with van der Waals surface area (Å²) in [7, 11) is 1.44. The van der Waals surface area contributed by atoms with Crippen LogP contribution in [-0.4, -0.2) is 36.2 Å². The first-order valence-electron chi connectivity index (χ1n) is 6.55. The SMILES string of the molecule is COc1ccc(CN2CCC(=CC(=O)O)CC2)cc1F. The minimum atomic E-state index is -0.884. The molecule has 0 radical (unpaired) electrons. The minimum absolute atomic E-state index is 0.249. The Bertz CT molecular complexity index is 518. The van der Waals surface area contributed by atoms with Gasteiger partial charge in [-0.15, -0.1) is 0 Å². The van der Waals surface area contributed by atoms with Crippen LogP contribution in [0, 0.1) is 5.82 Å². The number of carboxylic acids is 1. The van der Waals surface area contributed by atoms with Crippen molar-refractivity contribution in [3.8, 4) is 5.75 Å². The molecule has 1 heterocycles. The Morgan fingerprint density at radius 2 is 2.15 bits per heavy atom. The topological polar surface area (TPSA) is 49.8 Å². The molecule has 0 aliphatic carbocycles. The zero-order valence-electron chi connectivity index (χ0n) is 11.4. The van der Waals surface area contributed by atoms with Crippen molar-refractivity contribution in [3.63, 3.8) is 0 Å². The molecular weight excluding hydrogens is 261 g/mol. The maximum Gasteiger partial charge on any atom is 0.328 e. The molecule has 108 valence electrons. The van der Waals surface area contributed by atoms with Crippen LogP contribution in [0.1, 0.15) is 18.4 Å². The molecule has 0 aromatic heterocycles. The summed E-state index contributed by atoms with van der Waals surface area (Å²) in [6, 6.07) is 4.97. The highest BCUT2D eigenvalue weighted by Crippen LogP contribution is 2.21. The molecule has 1 aromatic rings. The number of aliphatic carboxylic acids is 1. The lowest BCUT2D eigenvalue weighted by molar-refractivity contribution is -0.131. The third-order valence-electron chi connectivity index (χ3n) is 3.45. The number of ether oxygens (including phenoxy) is 1. The fourth-order valence-electron chi connectivity index (χ4n) is 2.38. The van der Waals surface area contributed by atoms with Gasteiger partial charge in [-0.1, -0.05) is 11.6 Å². The van der Waals surface area contributed by atoms with Crippen molar-refractivity contribution in [1.82, 2.24) is 4.90 Å². The molecule has 0 spiro atoms. The molecule has 0 atom stereocenters. The van der Waals surface area contributed by atoms with Crippen molar-refractivity contribution < 1.29 is 19.0 Å². The highest BCUT2D eigenvalue weighted by atomic mass is 19.1. The second kappa shape index (κ2) is 6.52. The lowest BCUT2D eigenvalue weighted by Gasteiger charge is -2.28. The summed E-state index contributed by atoms with van der Waals surface area (Å²) in [4.78, 5) is 12.8. The molecule has 0 saturated carbocycles. The third-order valence-corrected chi connectivity index (χ3v) is 3.45. The summed E-state index contributed by atoms with van der Waals surface area (Å²) in [5.74, 6) is -0.988. The van der Waals surface area contributed by atoms with E-state index in [2.05, 4.69) is 4.90 Å². The number of piperidine rings is 1. The van der Waals surface area contributed by atoms with Crippen LogP contribution >= 0.6 is 0 Å². The number of carboxylic acid groups (broad SMARTS) is 1. The minimum Gasteiger partial charge on any atom is -0.494 e. The molecule has 1 N–H and O–H groups in total. The van der Waals surface area contributed by atoms with E-state index in [1.807, 2.05) is 6.07 Å². The van der Waals surface area contributed by atoms with E-state index in [1.54, 1.807) is 6.07 Å². The average Bonchev–Trinajstić information content (AvgIpc) is 2.41. The Labute approximate surface area is 117 Å². The van der Waals surface area contributed by atoms with Gasteiger partial charge >= 0.3 is 5.97 Å². The van der Waals surface area contributed by atoms with E-state index in [0.717, 1.165) is 37.1 Å². The van der Waals surface area contributed by atoms with Gasteiger partial charge in [-0.2, -0.15) is 0 Å². The summed E-state index contributed by atoms with van der Waals surface area (Å²) in [6.07, 6.45) is 2.81. The van der Waals surface area contributed by atoms with Crippen molar-refractivity contribution in [2.75, 3.05) is 20.2 Å². The first-order valence-corrected chi connectivity index (χ1v) is 6.55. The monoisotopic (exact) mass is 279 g/mol. The van der Waals surface area contributed by atoms with Gasteiger partial charge in [0.2, 0.25) is 0 Å². The van der Waals surface area contributed by atoms with Crippen LogP contribution in [0.2, 0.25) is 0 Å². The summed E-state index contributed by atoms with van der Waals surface area (Å²) >= 11 is 0. The van der Waals surface area contributed by atoms with E-state index in [9.17, 15) is 9.18 Å². The standard InChI is InChI=1S/C15H18FNO3/c1-20-14-3-2-12(8-13(14)16)10-17-6-4-11(5-7-17)9-15(18)19/h2-3,8-9H,4-7,10H2,1H3,(H,18,19). The molecule has 1 fully saturated rings. The van der Waals surface area contributed by atoms with Gasteiger partial charge in [-0.25, -0.2) is 9.18 Å². The summed E-state index contributed by atoms with van der Waals surface area (Å²) in [6.45, 7) is 2.26. The number of hydrogen-bond acceptors (Lipinski definition) is 3. The van der Waals surface area contributed by atoms with E-state index in [0.29, 0.717) is 6.54 Å². The van der Waals surface area contributed by atoms with Gasteiger partial charge in [-0.3, -0.25) is 4.90 Å². The van der Waals surface area contributed by atoms with Crippen molar-refractivity contribution in [3.05, 3.63) is 41.2 Å². The molecule has 0 amide bonds. The molecule has 1 aliphatic heterocycles. The largest absolute Gasteiger partial charge is 0.494 e. The average molecular weight is 279 g/mol. The smallest absolute Gasteiger partial charge is 0.328 e. The molecule has 20 heavy (non-hydrogen) atoms. The lowest BCUT2D eigenvalue weighted by Crippen LogP contribution is -2.30. The predicted octanol–water partition coefficient (Wildman–Crippen LogP) is 2.44. The molecule has 5 heteroatoms. The maximum atomic E-state index is 13.6. The van der Waals surface area contributed by atoms with Gasteiger partial charge in [0.25, 0.3) is 0 Å². The third kappa shape index (κ3) is 3.81. The lowest BCUT2D eigenvalue weighted by atomic mass is 10.0. The molecule has 0 unspecified atom stereocenters. The Hall–Kier alpha value is -1.88. The van der Waals surface area contributed by atoms with Crippen molar-refractivity contribution in [1.29, 1.82) is 0 Å². The van der Waals surface area contributed by atoms with Crippen molar-refractivity contribution in [2.24, 2.45) is 0 Å². The summed E-state index contributed by atoms with van der Waals surface area (Å²) in [5.41, 5.74) is 1.86. The van der Waals surface area contributed by atoms with Crippen LogP contribution in [0.3, 0.4) is 0 Å². The van der Waals surface area contributed by atoms with Gasteiger partial charge in [-0.05, 0) is 30.5 Å². The van der Waals surface area contributed by atoms with Crippen LogP contribution in [0.5, 0.6) is 5.75 Å². The molecular formula is C15H18FNO3. The second-order valence-electron chi connectivity index (χ2n) is 4.89. The van der Waals surface area contributed by atoms with Crippen LogP contribution < -0.4 is 4.74 Å². The summed E-state index contributed by atoms with van der Waals surface area (Å²) < 4.78 is 18.5. The van der Waals surface area contributed by atoms with Gasteiger partial charge in [0.1, 0.15) is 0 Å². The fourth-order valence-corrected chi connectivity index (χ4v) is 2.38. The van der Waals surface area contributed by atoms with E-state index >= 15 is 0 Å². The van der Waals surface area contributed by atoms with Crippen molar-refractivity contribution in [2.45, 2.75) is 19.4 Å². The van der Waals surface area contributed by atoms with Gasteiger partial charge in [0, 0.05) is 25.7 Å². The Balaban J connectivity index is 1.92. The maximum absolute atomic E-state index is 13.6. The molecule has 4 nitrogen and oxygen atoms in total. The molecule has 1 saturated heterocycles. The van der Waals surface area contributed by atoms with E-state index in [4.69, 9.17) is 9.84 Å². The normalized spacial score (nSPS) is 16.0. The number of nitrogens with zero attached hydrogens (tertiary/aromatic N) is 1.